The average molecular weight is 457 g/mol. The van der Waals surface area contributed by atoms with E-state index >= 15 is 0 Å². The summed E-state index contributed by atoms with van der Waals surface area (Å²) in [6.45, 7) is 3.52. The van der Waals surface area contributed by atoms with Crippen molar-refractivity contribution in [2.45, 2.75) is 11.4 Å². The lowest BCUT2D eigenvalue weighted by atomic mass is 10.2. The van der Waals surface area contributed by atoms with Crippen LogP contribution in [0.25, 0.3) is 0 Å². The van der Waals surface area contributed by atoms with E-state index in [2.05, 4.69) is 11.9 Å². The van der Waals surface area contributed by atoms with Gasteiger partial charge in [-0.1, -0.05) is 35.3 Å². The van der Waals surface area contributed by atoms with Crippen LogP contribution in [0.2, 0.25) is 10.0 Å². The van der Waals surface area contributed by atoms with E-state index in [-0.39, 0.29) is 41.4 Å². The number of carbonyl (C=O) groups excluding carboxylic acids is 1. The predicted octanol–water partition coefficient (Wildman–Crippen LogP) is 3.22. The second kappa shape index (κ2) is 9.04. The number of carbonyl (C=O) groups is 1. The normalized spacial score (nSPS) is 12.8. The molecule has 10 heteroatoms. The summed E-state index contributed by atoms with van der Waals surface area (Å²) in [5.74, 6) is 0.783. The summed E-state index contributed by atoms with van der Waals surface area (Å²) in [5, 5.41) is 3.05. The Morgan fingerprint density at radius 1 is 1.14 bits per heavy atom. The molecule has 2 aromatic carbocycles. The van der Waals surface area contributed by atoms with Gasteiger partial charge >= 0.3 is 0 Å². The summed E-state index contributed by atoms with van der Waals surface area (Å²) in [6, 6.07) is 9.29. The molecular formula is C19H18Cl2N2O5S. The molecule has 154 valence electrons. The lowest BCUT2D eigenvalue weighted by molar-refractivity contribution is -0.121. The van der Waals surface area contributed by atoms with Crippen molar-refractivity contribution in [1.82, 2.24) is 9.62 Å². The van der Waals surface area contributed by atoms with Crippen LogP contribution in [0.15, 0.2) is 53.9 Å². The van der Waals surface area contributed by atoms with Gasteiger partial charge in [-0.25, -0.2) is 8.42 Å². The van der Waals surface area contributed by atoms with Crippen LogP contribution in [0.4, 0.5) is 0 Å². The van der Waals surface area contributed by atoms with E-state index < -0.39 is 15.9 Å². The molecule has 3 rings (SSSR count). The molecule has 0 unspecified atom stereocenters. The summed E-state index contributed by atoms with van der Waals surface area (Å²) in [4.78, 5) is 12.3. The molecule has 1 N–H and O–H groups in total. The number of ether oxygens (including phenoxy) is 2. The minimum atomic E-state index is -3.97. The molecule has 1 heterocycles. The van der Waals surface area contributed by atoms with Gasteiger partial charge in [0.15, 0.2) is 11.5 Å². The Kier molecular flexibility index (Phi) is 6.69. The number of rotatable bonds is 8. The third-order valence-corrected chi connectivity index (χ3v) is 6.65. The van der Waals surface area contributed by atoms with Gasteiger partial charge in [0.05, 0.1) is 21.5 Å². The maximum atomic E-state index is 12.9. The number of amides is 1. The highest BCUT2D eigenvalue weighted by atomic mass is 35.5. The Hall–Kier alpha value is -2.26. The maximum Gasteiger partial charge on any atom is 0.243 e. The van der Waals surface area contributed by atoms with Gasteiger partial charge in [-0.3, -0.25) is 4.79 Å². The minimum absolute atomic E-state index is 0.0416. The molecule has 2 aromatic rings. The average Bonchev–Trinajstić information content (AvgIpc) is 3.16. The molecule has 0 saturated carbocycles. The predicted molar refractivity (Wildman–Crippen MR) is 110 cm³/mol. The van der Waals surface area contributed by atoms with Crippen LogP contribution in [0.5, 0.6) is 11.5 Å². The molecule has 0 aliphatic carbocycles. The van der Waals surface area contributed by atoms with Gasteiger partial charge in [0.2, 0.25) is 22.7 Å². The van der Waals surface area contributed by atoms with Crippen molar-refractivity contribution >= 4 is 39.1 Å². The Bertz CT molecular complexity index is 1040. The van der Waals surface area contributed by atoms with Crippen LogP contribution in [-0.2, 0) is 21.4 Å². The zero-order chi connectivity index (χ0) is 21.0. The van der Waals surface area contributed by atoms with Crippen LogP contribution >= 0.6 is 23.2 Å². The zero-order valence-corrected chi connectivity index (χ0v) is 17.6. The first-order chi connectivity index (χ1) is 13.8. The Morgan fingerprint density at radius 2 is 1.90 bits per heavy atom. The molecule has 0 bridgehead atoms. The largest absolute Gasteiger partial charge is 0.454 e. The minimum Gasteiger partial charge on any atom is -0.454 e. The number of fused-ring (bicyclic) bond motifs is 1. The third kappa shape index (κ3) is 5.02. The van der Waals surface area contributed by atoms with E-state index in [9.17, 15) is 13.2 Å². The monoisotopic (exact) mass is 456 g/mol. The van der Waals surface area contributed by atoms with Crippen molar-refractivity contribution < 1.29 is 22.7 Å². The fourth-order valence-electron chi connectivity index (χ4n) is 2.65. The van der Waals surface area contributed by atoms with Crippen molar-refractivity contribution in [1.29, 1.82) is 0 Å². The van der Waals surface area contributed by atoms with Crippen LogP contribution < -0.4 is 14.8 Å². The number of hydrogen-bond acceptors (Lipinski definition) is 5. The highest BCUT2D eigenvalue weighted by Gasteiger charge is 2.26. The van der Waals surface area contributed by atoms with Crippen LogP contribution in [0.3, 0.4) is 0 Å². The van der Waals surface area contributed by atoms with Crippen molar-refractivity contribution in [2.75, 3.05) is 19.9 Å². The van der Waals surface area contributed by atoms with E-state index in [4.69, 9.17) is 32.7 Å². The highest BCUT2D eigenvalue weighted by Crippen LogP contribution is 2.32. The summed E-state index contributed by atoms with van der Waals surface area (Å²) in [5.41, 5.74) is 0.796. The molecule has 1 amide bonds. The third-order valence-electron chi connectivity index (χ3n) is 4.11. The molecule has 29 heavy (non-hydrogen) atoms. The highest BCUT2D eigenvalue weighted by molar-refractivity contribution is 7.89. The van der Waals surface area contributed by atoms with E-state index in [1.165, 1.54) is 24.3 Å². The van der Waals surface area contributed by atoms with Gasteiger partial charge in [0.25, 0.3) is 0 Å². The number of benzene rings is 2. The second-order valence-corrected chi connectivity index (χ2v) is 8.88. The van der Waals surface area contributed by atoms with E-state index in [1.54, 1.807) is 18.2 Å². The SMILES string of the molecule is C=CCN(CC(=O)NCc1ccc2c(c1)OCO2)S(=O)(=O)c1ccc(Cl)c(Cl)c1. The maximum absolute atomic E-state index is 12.9. The van der Waals surface area contributed by atoms with Crippen LogP contribution in [0.1, 0.15) is 5.56 Å². The van der Waals surface area contributed by atoms with E-state index in [0.29, 0.717) is 11.5 Å². The molecule has 0 atom stereocenters. The molecule has 0 spiro atoms. The lowest BCUT2D eigenvalue weighted by Gasteiger charge is -2.20. The Labute approximate surface area is 178 Å². The summed E-state index contributed by atoms with van der Waals surface area (Å²) >= 11 is 11.8. The van der Waals surface area contributed by atoms with Crippen molar-refractivity contribution in [3.8, 4) is 11.5 Å². The number of sulfonamides is 1. The quantitative estimate of drug-likeness (QED) is 0.616. The molecule has 0 saturated heterocycles. The number of hydrogen-bond donors (Lipinski definition) is 1. The lowest BCUT2D eigenvalue weighted by Crippen LogP contribution is -2.40. The number of nitrogens with zero attached hydrogens (tertiary/aromatic N) is 1. The van der Waals surface area contributed by atoms with Gasteiger partial charge in [0, 0.05) is 13.1 Å². The number of nitrogens with one attached hydrogen (secondary N) is 1. The topological polar surface area (TPSA) is 84.9 Å². The smallest absolute Gasteiger partial charge is 0.243 e. The molecular weight excluding hydrogens is 439 g/mol. The van der Waals surface area contributed by atoms with E-state index in [0.717, 1.165) is 9.87 Å². The van der Waals surface area contributed by atoms with Gasteiger partial charge in [-0.15, -0.1) is 6.58 Å². The first-order valence-corrected chi connectivity index (χ1v) is 10.7. The standard InChI is InChI=1S/C19H18Cl2N2O5S/c1-2-7-23(29(25,26)14-4-5-15(20)16(21)9-14)11-19(24)22-10-13-3-6-17-18(8-13)28-12-27-17/h2-6,8-9H,1,7,10-12H2,(H,22,24). The first-order valence-electron chi connectivity index (χ1n) is 8.52. The first kappa shape index (κ1) is 21.4. The molecule has 0 aromatic heterocycles. The van der Waals surface area contributed by atoms with Crippen molar-refractivity contribution in [3.63, 3.8) is 0 Å². The van der Waals surface area contributed by atoms with Gasteiger partial charge in [0.1, 0.15) is 0 Å². The van der Waals surface area contributed by atoms with Gasteiger partial charge in [-0.05, 0) is 35.9 Å². The molecule has 1 aliphatic rings. The molecule has 7 nitrogen and oxygen atoms in total. The van der Waals surface area contributed by atoms with Gasteiger partial charge < -0.3 is 14.8 Å². The molecule has 0 fully saturated rings. The Balaban J connectivity index is 1.68. The van der Waals surface area contributed by atoms with Gasteiger partial charge in [-0.2, -0.15) is 4.31 Å². The second-order valence-electron chi connectivity index (χ2n) is 6.13. The fraction of sp³-hybridized carbons (Fsp3) is 0.211. The summed E-state index contributed by atoms with van der Waals surface area (Å²) in [7, 11) is -3.97. The van der Waals surface area contributed by atoms with Crippen molar-refractivity contribution in [3.05, 3.63) is 64.7 Å². The Morgan fingerprint density at radius 3 is 2.62 bits per heavy atom. The number of halogens is 2. The molecule has 0 radical (unpaired) electrons. The van der Waals surface area contributed by atoms with E-state index in [1.807, 2.05) is 0 Å². The zero-order valence-electron chi connectivity index (χ0n) is 15.2. The summed E-state index contributed by atoms with van der Waals surface area (Å²) < 4.78 is 37.3. The van der Waals surface area contributed by atoms with Crippen LogP contribution in [-0.4, -0.2) is 38.5 Å². The molecule has 1 aliphatic heterocycles. The van der Waals surface area contributed by atoms with Crippen molar-refractivity contribution in [2.24, 2.45) is 0 Å². The fourth-order valence-corrected chi connectivity index (χ4v) is 4.40. The van der Waals surface area contributed by atoms with Crippen LogP contribution in [0, 0.1) is 0 Å². The summed E-state index contributed by atoms with van der Waals surface area (Å²) in [6.07, 6.45) is 1.40.